The summed E-state index contributed by atoms with van der Waals surface area (Å²) in [4.78, 5) is 4.23. The number of hydrogen-bond acceptors (Lipinski definition) is 2. The molecular weight excluding hydrogens is 240 g/mol. The van der Waals surface area contributed by atoms with Crippen LogP contribution in [0.4, 0.5) is 0 Å². The molecule has 14 heavy (non-hydrogen) atoms. The van der Waals surface area contributed by atoms with Crippen LogP contribution in [0.15, 0.2) is 22.9 Å². The molecule has 0 saturated heterocycles. The van der Waals surface area contributed by atoms with E-state index < -0.39 is 0 Å². The van der Waals surface area contributed by atoms with E-state index in [0.29, 0.717) is 0 Å². The smallest absolute Gasteiger partial charge is 0.0410 e. The number of pyridine rings is 1. The van der Waals surface area contributed by atoms with E-state index in [0.717, 1.165) is 4.47 Å². The first-order chi connectivity index (χ1) is 6.66. The van der Waals surface area contributed by atoms with E-state index in [4.69, 9.17) is 5.73 Å². The summed E-state index contributed by atoms with van der Waals surface area (Å²) in [5.41, 5.74) is 8.01. The summed E-state index contributed by atoms with van der Waals surface area (Å²) < 4.78 is 1.06. The Morgan fingerprint density at radius 3 is 2.43 bits per heavy atom. The summed E-state index contributed by atoms with van der Waals surface area (Å²) in [7, 11) is 0. The molecule has 3 heteroatoms. The molecule has 0 unspecified atom stereocenters. The highest BCUT2D eigenvalue weighted by Crippen LogP contribution is 2.63. The van der Waals surface area contributed by atoms with Gasteiger partial charge in [-0.1, -0.05) is 0 Å². The zero-order valence-corrected chi connectivity index (χ0v) is 9.55. The van der Waals surface area contributed by atoms with Crippen LogP contribution >= 0.6 is 15.9 Å². The standard InChI is InChI=1S/C11H13BrN2/c12-9-5-8(6-14-7-9)10(1-2-10)11(13)3-4-11/h5-7H,1-4,13H2. The van der Waals surface area contributed by atoms with Crippen molar-refractivity contribution in [2.75, 3.05) is 0 Å². The van der Waals surface area contributed by atoms with Crippen molar-refractivity contribution in [1.82, 2.24) is 4.98 Å². The quantitative estimate of drug-likeness (QED) is 0.878. The number of hydrogen-bond donors (Lipinski definition) is 1. The topological polar surface area (TPSA) is 38.9 Å². The third-order valence-electron chi connectivity index (χ3n) is 3.75. The molecule has 1 heterocycles. The van der Waals surface area contributed by atoms with Crippen molar-refractivity contribution in [3.8, 4) is 0 Å². The number of halogens is 1. The van der Waals surface area contributed by atoms with E-state index in [-0.39, 0.29) is 11.0 Å². The van der Waals surface area contributed by atoms with Crippen molar-refractivity contribution in [3.05, 3.63) is 28.5 Å². The minimum Gasteiger partial charge on any atom is -0.324 e. The van der Waals surface area contributed by atoms with Crippen molar-refractivity contribution in [1.29, 1.82) is 0 Å². The lowest BCUT2D eigenvalue weighted by molar-refractivity contribution is 0.501. The van der Waals surface area contributed by atoms with Gasteiger partial charge in [-0.3, -0.25) is 4.98 Å². The van der Waals surface area contributed by atoms with Gasteiger partial charge in [-0.2, -0.15) is 0 Å². The molecule has 0 aromatic carbocycles. The Bertz CT molecular complexity index is 381. The molecule has 1 aromatic heterocycles. The van der Waals surface area contributed by atoms with Gasteiger partial charge in [0.15, 0.2) is 0 Å². The lowest BCUT2D eigenvalue weighted by Crippen LogP contribution is -2.37. The van der Waals surface area contributed by atoms with E-state index in [1.54, 1.807) is 0 Å². The lowest BCUT2D eigenvalue weighted by Gasteiger charge is -2.22. The van der Waals surface area contributed by atoms with Gasteiger partial charge in [0.2, 0.25) is 0 Å². The molecule has 0 radical (unpaired) electrons. The van der Waals surface area contributed by atoms with Crippen molar-refractivity contribution in [2.24, 2.45) is 5.73 Å². The monoisotopic (exact) mass is 252 g/mol. The maximum Gasteiger partial charge on any atom is 0.0410 e. The fraction of sp³-hybridized carbons (Fsp3) is 0.545. The van der Waals surface area contributed by atoms with Gasteiger partial charge in [0.05, 0.1) is 0 Å². The van der Waals surface area contributed by atoms with E-state index in [1.165, 1.54) is 31.2 Å². The molecular formula is C11H13BrN2. The molecule has 2 saturated carbocycles. The molecule has 74 valence electrons. The van der Waals surface area contributed by atoms with Crippen LogP contribution in [-0.4, -0.2) is 10.5 Å². The lowest BCUT2D eigenvalue weighted by atomic mass is 9.87. The van der Waals surface area contributed by atoms with Crippen LogP contribution in [0.2, 0.25) is 0 Å². The molecule has 0 aliphatic heterocycles. The summed E-state index contributed by atoms with van der Waals surface area (Å²) >= 11 is 3.47. The summed E-state index contributed by atoms with van der Waals surface area (Å²) in [6.07, 6.45) is 8.64. The van der Waals surface area contributed by atoms with Crippen molar-refractivity contribution in [3.63, 3.8) is 0 Å². The largest absolute Gasteiger partial charge is 0.324 e. The molecule has 2 aliphatic rings. The Morgan fingerprint density at radius 1 is 1.21 bits per heavy atom. The zero-order chi connectivity index (χ0) is 9.81. The maximum absolute atomic E-state index is 6.33. The second-order valence-electron chi connectivity index (χ2n) is 4.63. The average Bonchev–Trinajstić information content (AvgIpc) is 2.98. The van der Waals surface area contributed by atoms with Crippen LogP contribution in [0.25, 0.3) is 0 Å². The number of nitrogens with zero attached hydrogens (tertiary/aromatic N) is 1. The van der Waals surface area contributed by atoms with Gasteiger partial charge in [0, 0.05) is 27.8 Å². The fourth-order valence-electron chi connectivity index (χ4n) is 2.49. The molecule has 1 aromatic rings. The van der Waals surface area contributed by atoms with E-state index in [2.05, 4.69) is 27.0 Å². The average molecular weight is 253 g/mol. The highest BCUT2D eigenvalue weighted by atomic mass is 79.9. The number of rotatable bonds is 2. The molecule has 0 spiro atoms. The van der Waals surface area contributed by atoms with E-state index in [1.807, 2.05) is 12.4 Å². The summed E-state index contributed by atoms with van der Waals surface area (Å²) in [5.74, 6) is 0. The van der Waals surface area contributed by atoms with Gasteiger partial charge in [-0.25, -0.2) is 0 Å². The number of nitrogens with two attached hydrogens (primary N) is 1. The van der Waals surface area contributed by atoms with Gasteiger partial charge in [0.1, 0.15) is 0 Å². The second kappa shape index (κ2) is 2.58. The predicted molar refractivity (Wildman–Crippen MR) is 59.0 cm³/mol. The summed E-state index contributed by atoms with van der Waals surface area (Å²) in [5, 5.41) is 0. The Morgan fingerprint density at radius 2 is 1.93 bits per heavy atom. The predicted octanol–water partition coefficient (Wildman–Crippen LogP) is 2.37. The first-order valence-electron chi connectivity index (χ1n) is 5.06. The van der Waals surface area contributed by atoms with Crippen LogP contribution < -0.4 is 5.73 Å². The van der Waals surface area contributed by atoms with Crippen LogP contribution in [0.3, 0.4) is 0 Å². The molecule has 2 fully saturated rings. The first kappa shape index (κ1) is 8.86. The third kappa shape index (κ3) is 1.09. The highest BCUT2D eigenvalue weighted by molar-refractivity contribution is 9.10. The first-order valence-corrected chi connectivity index (χ1v) is 5.86. The molecule has 2 nitrogen and oxygen atoms in total. The molecule has 2 N–H and O–H groups in total. The highest BCUT2D eigenvalue weighted by Gasteiger charge is 2.64. The van der Waals surface area contributed by atoms with Gasteiger partial charge >= 0.3 is 0 Å². The Kier molecular flexibility index (Phi) is 1.63. The molecule has 3 rings (SSSR count). The molecule has 0 atom stereocenters. The SMILES string of the molecule is NC1(C2(c3cncc(Br)c3)CC2)CC1. The van der Waals surface area contributed by atoms with Gasteiger partial charge in [-0.15, -0.1) is 0 Å². The minimum atomic E-state index is 0.0927. The normalized spacial score (nSPS) is 25.9. The van der Waals surface area contributed by atoms with Crippen LogP contribution in [0, 0.1) is 0 Å². The van der Waals surface area contributed by atoms with E-state index >= 15 is 0 Å². The van der Waals surface area contributed by atoms with Gasteiger partial charge < -0.3 is 5.73 Å². The molecule has 0 bridgehead atoms. The van der Waals surface area contributed by atoms with Crippen LogP contribution in [-0.2, 0) is 5.41 Å². The zero-order valence-electron chi connectivity index (χ0n) is 7.96. The second-order valence-corrected chi connectivity index (χ2v) is 5.55. The van der Waals surface area contributed by atoms with Crippen LogP contribution in [0.5, 0.6) is 0 Å². The van der Waals surface area contributed by atoms with Crippen molar-refractivity contribution >= 4 is 15.9 Å². The van der Waals surface area contributed by atoms with E-state index in [9.17, 15) is 0 Å². The van der Waals surface area contributed by atoms with Crippen molar-refractivity contribution in [2.45, 2.75) is 36.6 Å². The maximum atomic E-state index is 6.33. The van der Waals surface area contributed by atoms with Gasteiger partial charge in [0.25, 0.3) is 0 Å². The summed E-state index contributed by atoms with van der Waals surface area (Å²) in [6.45, 7) is 0. The van der Waals surface area contributed by atoms with Crippen LogP contribution in [0.1, 0.15) is 31.2 Å². The minimum absolute atomic E-state index is 0.0927. The van der Waals surface area contributed by atoms with Gasteiger partial charge in [-0.05, 0) is 53.2 Å². The fourth-order valence-corrected chi connectivity index (χ4v) is 2.85. The third-order valence-corrected chi connectivity index (χ3v) is 4.18. The molecule has 2 aliphatic carbocycles. The molecule has 0 amide bonds. The summed E-state index contributed by atoms with van der Waals surface area (Å²) in [6, 6.07) is 2.17. The van der Waals surface area contributed by atoms with Crippen molar-refractivity contribution < 1.29 is 0 Å². The Labute approximate surface area is 92.0 Å². The Hall–Kier alpha value is -0.410. The number of aromatic nitrogens is 1. The Balaban J connectivity index is 2.02.